The minimum Gasteiger partial charge on any atom is -0.479 e. The Morgan fingerprint density at radius 3 is 2.37 bits per heavy atom. The SMILES string of the molecule is O=C(N[C@@H](C(=O)O)c1ccccc1)c1ccc(N2CCCC2)c([N+](=O)[O-])c1. The maximum atomic E-state index is 12.5. The van der Waals surface area contributed by atoms with Crippen LogP contribution in [-0.2, 0) is 4.79 Å². The van der Waals surface area contributed by atoms with Crippen molar-refractivity contribution in [3.05, 3.63) is 69.8 Å². The number of amides is 1. The molecule has 0 unspecified atom stereocenters. The summed E-state index contributed by atoms with van der Waals surface area (Å²) in [6, 6.07) is 11.3. The minimum atomic E-state index is -1.24. The molecular weight excluding hydrogens is 350 g/mol. The van der Waals surface area contributed by atoms with Crippen LogP contribution in [0.2, 0.25) is 0 Å². The molecule has 27 heavy (non-hydrogen) atoms. The molecule has 0 aromatic heterocycles. The number of carboxylic acid groups (broad SMARTS) is 1. The molecule has 140 valence electrons. The number of nitro groups is 1. The highest BCUT2D eigenvalue weighted by Crippen LogP contribution is 2.31. The number of nitrogens with one attached hydrogen (secondary N) is 1. The number of rotatable bonds is 6. The van der Waals surface area contributed by atoms with Crippen LogP contribution in [0.25, 0.3) is 0 Å². The van der Waals surface area contributed by atoms with Crippen molar-refractivity contribution in [1.29, 1.82) is 0 Å². The lowest BCUT2D eigenvalue weighted by Gasteiger charge is -2.18. The lowest BCUT2D eigenvalue weighted by Crippen LogP contribution is -2.33. The molecular formula is C19H19N3O5. The smallest absolute Gasteiger partial charge is 0.330 e. The Morgan fingerprint density at radius 2 is 1.78 bits per heavy atom. The topological polar surface area (TPSA) is 113 Å². The highest BCUT2D eigenvalue weighted by atomic mass is 16.6. The fourth-order valence-electron chi connectivity index (χ4n) is 3.18. The number of carboxylic acids is 1. The van der Waals surface area contributed by atoms with E-state index in [0.29, 0.717) is 11.3 Å². The highest BCUT2D eigenvalue weighted by molar-refractivity contribution is 5.98. The summed E-state index contributed by atoms with van der Waals surface area (Å²) in [4.78, 5) is 36.9. The van der Waals surface area contributed by atoms with Gasteiger partial charge >= 0.3 is 5.97 Å². The summed E-state index contributed by atoms with van der Waals surface area (Å²) in [5.41, 5.74) is 0.788. The van der Waals surface area contributed by atoms with Crippen molar-refractivity contribution < 1.29 is 19.6 Å². The second-order valence-electron chi connectivity index (χ2n) is 6.31. The van der Waals surface area contributed by atoms with Gasteiger partial charge in [0.15, 0.2) is 6.04 Å². The average molecular weight is 369 g/mol. The molecule has 1 amide bonds. The van der Waals surface area contributed by atoms with Gasteiger partial charge in [0.2, 0.25) is 0 Å². The Kier molecular flexibility index (Phi) is 5.35. The first-order valence-corrected chi connectivity index (χ1v) is 8.59. The van der Waals surface area contributed by atoms with Gasteiger partial charge in [0.05, 0.1) is 4.92 Å². The Hall–Kier alpha value is -3.42. The van der Waals surface area contributed by atoms with E-state index in [1.165, 1.54) is 12.1 Å². The molecule has 0 bridgehead atoms. The summed E-state index contributed by atoms with van der Waals surface area (Å²) in [6.45, 7) is 1.48. The van der Waals surface area contributed by atoms with E-state index in [2.05, 4.69) is 5.32 Å². The fraction of sp³-hybridized carbons (Fsp3) is 0.263. The number of anilines is 1. The molecule has 0 saturated carbocycles. The number of benzene rings is 2. The number of hydrogen-bond donors (Lipinski definition) is 2. The summed E-state index contributed by atoms with van der Waals surface area (Å²) < 4.78 is 0. The van der Waals surface area contributed by atoms with E-state index in [0.717, 1.165) is 25.9 Å². The summed E-state index contributed by atoms with van der Waals surface area (Å²) >= 11 is 0. The summed E-state index contributed by atoms with van der Waals surface area (Å²) in [5, 5.41) is 23.3. The van der Waals surface area contributed by atoms with E-state index < -0.39 is 22.8 Å². The monoisotopic (exact) mass is 369 g/mol. The molecule has 0 aliphatic carbocycles. The Bertz CT molecular complexity index is 863. The molecule has 0 spiro atoms. The van der Waals surface area contributed by atoms with E-state index >= 15 is 0 Å². The summed E-state index contributed by atoms with van der Waals surface area (Å²) in [7, 11) is 0. The molecule has 8 heteroatoms. The van der Waals surface area contributed by atoms with Gasteiger partial charge < -0.3 is 15.3 Å². The number of hydrogen-bond acceptors (Lipinski definition) is 5. The van der Waals surface area contributed by atoms with Gasteiger partial charge in [-0.25, -0.2) is 4.79 Å². The second-order valence-corrected chi connectivity index (χ2v) is 6.31. The molecule has 8 nitrogen and oxygen atoms in total. The van der Waals surface area contributed by atoms with Crippen LogP contribution in [-0.4, -0.2) is 35.0 Å². The zero-order valence-electron chi connectivity index (χ0n) is 14.5. The van der Waals surface area contributed by atoms with Gasteiger partial charge in [-0.2, -0.15) is 0 Å². The van der Waals surface area contributed by atoms with Gasteiger partial charge in [0.25, 0.3) is 11.6 Å². The van der Waals surface area contributed by atoms with Crippen LogP contribution in [0.15, 0.2) is 48.5 Å². The molecule has 1 atom stereocenters. The van der Waals surface area contributed by atoms with Crippen molar-refractivity contribution in [3.8, 4) is 0 Å². The van der Waals surface area contributed by atoms with Crippen molar-refractivity contribution in [2.75, 3.05) is 18.0 Å². The van der Waals surface area contributed by atoms with Crippen molar-refractivity contribution in [2.24, 2.45) is 0 Å². The maximum absolute atomic E-state index is 12.5. The van der Waals surface area contributed by atoms with Crippen LogP contribution in [0.5, 0.6) is 0 Å². The van der Waals surface area contributed by atoms with E-state index in [-0.39, 0.29) is 11.3 Å². The van der Waals surface area contributed by atoms with Crippen molar-refractivity contribution >= 4 is 23.3 Å². The lowest BCUT2D eigenvalue weighted by atomic mass is 10.1. The molecule has 1 heterocycles. The van der Waals surface area contributed by atoms with Gasteiger partial charge in [-0.05, 0) is 30.5 Å². The van der Waals surface area contributed by atoms with Crippen LogP contribution in [0.4, 0.5) is 11.4 Å². The number of nitro benzene ring substituents is 1. The van der Waals surface area contributed by atoms with E-state index in [4.69, 9.17) is 0 Å². The quantitative estimate of drug-likeness (QED) is 0.598. The molecule has 2 aromatic rings. The zero-order valence-corrected chi connectivity index (χ0v) is 14.5. The number of carbonyl (C=O) groups excluding carboxylic acids is 1. The van der Waals surface area contributed by atoms with E-state index in [1.54, 1.807) is 36.4 Å². The van der Waals surface area contributed by atoms with Crippen molar-refractivity contribution in [1.82, 2.24) is 5.32 Å². The van der Waals surface area contributed by atoms with E-state index in [9.17, 15) is 24.8 Å². The number of aliphatic carboxylic acids is 1. The zero-order chi connectivity index (χ0) is 19.4. The van der Waals surface area contributed by atoms with Crippen LogP contribution >= 0.6 is 0 Å². The first kappa shape index (κ1) is 18.4. The lowest BCUT2D eigenvalue weighted by molar-refractivity contribution is -0.384. The summed E-state index contributed by atoms with van der Waals surface area (Å²) in [6.07, 6.45) is 1.94. The Balaban J connectivity index is 1.86. The van der Waals surface area contributed by atoms with Crippen LogP contribution in [0.3, 0.4) is 0 Å². The summed E-state index contributed by atoms with van der Waals surface area (Å²) in [5.74, 6) is -1.89. The molecule has 1 fully saturated rings. The third kappa shape index (κ3) is 4.05. The minimum absolute atomic E-state index is 0.0480. The van der Waals surface area contributed by atoms with Gasteiger partial charge in [-0.15, -0.1) is 0 Å². The van der Waals surface area contributed by atoms with Gasteiger partial charge in [-0.1, -0.05) is 30.3 Å². The molecule has 0 radical (unpaired) electrons. The third-order valence-electron chi connectivity index (χ3n) is 4.54. The molecule has 1 aliphatic rings. The predicted molar refractivity (Wildman–Crippen MR) is 98.8 cm³/mol. The van der Waals surface area contributed by atoms with Gasteiger partial charge in [0.1, 0.15) is 5.69 Å². The van der Waals surface area contributed by atoms with Crippen LogP contribution < -0.4 is 10.2 Å². The Morgan fingerprint density at radius 1 is 1.11 bits per heavy atom. The standard InChI is InChI=1S/C19H19N3O5/c23-18(20-17(19(24)25)13-6-2-1-3-7-13)14-8-9-15(16(12-14)22(26)27)21-10-4-5-11-21/h1-3,6-9,12,17H,4-5,10-11H2,(H,20,23)(H,24,25)/t17-/m1/s1. The fourth-order valence-corrected chi connectivity index (χ4v) is 3.18. The van der Waals surface area contributed by atoms with Crippen molar-refractivity contribution in [3.63, 3.8) is 0 Å². The van der Waals surface area contributed by atoms with Gasteiger partial charge in [-0.3, -0.25) is 14.9 Å². The Labute approximate surface area is 155 Å². The predicted octanol–water partition coefficient (Wildman–Crippen LogP) is 2.75. The first-order chi connectivity index (χ1) is 13.0. The van der Waals surface area contributed by atoms with Crippen LogP contribution in [0.1, 0.15) is 34.8 Å². The normalized spacial score (nSPS) is 14.6. The third-order valence-corrected chi connectivity index (χ3v) is 4.54. The highest BCUT2D eigenvalue weighted by Gasteiger charge is 2.26. The number of nitrogens with zero attached hydrogens (tertiary/aromatic N) is 2. The molecule has 2 N–H and O–H groups in total. The van der Waals surface area contributed by atoms with Gasteiger partial charge in [0, 0.05) is 24.7 Å². The molecule has 1 saturated heterocycles. The first-order valence-electron chi connectivity index (χ1n) is 8.59. The largest absolute Gasteiger partial charge is 0.479 e. The van der Waals surface area contributed by atoms with Crippen LogP contribution in [0, 0.1) is 10.1 Å². The van der Waals surface area contributed by atoms with Crippen molar-refractivity contribution in [2.45, 2.75) is 18.9 Å². The average Bonchev–Trinajstić information content (AvgIpc) is 3.20. The number of carbonyl (C=O) groups is 2. The maximum Gasteiger partial charge on any atom is 0.330 e. The molecule has 1 aliphatic heterocycles. The second kappa shape index (κ2) is 7.86. The molecule has 3 rings (SSSR count). The molecule has 2 aromatic carbocycles. The van der Waals surface area contributed by atoms with E-state index in [1.807, 2.05) is 4.90 Å².